The number of fused-ring (bicyclic) bond motifs is 1. The molecule has 0 spiro atoms. The first-order valence-electron chi connectivity index (χ1n) is 9.82. The van der Waals surface area contributed by atoms with Crippen LogP contribution in [0.2, 0.25) is 0 Å². The van der Waals surface area contributed by atoms with Gasteiger partial charge in [-0.25, -0.2) is 4.98 Å². The third-order valence-corrected chi connectivity index (χ3v) is 6.89. The first-order valence-corrected chi connectivity index (χ1v) is 10.7. The molecular weight excluding hydrogens is 358 g/mol. The van der Waals surface area contributed by atoms with Gasteiger partial charge in [-0.05, 0) is 80.3 Å². The van der Waals surface area contributed by atoms with Crippen molar-refractivity contribution >= 4 is 17.7 Å². The molecule has 1 aliphatic carbocycles. The molecule has 1 aliphatic heterocycles. The van der Waals surface area contributed by atoms with Gasteiger partial charge in [-0.15, -0.1) is 11.8 Å². The molecule has 0 bridgehead atoms. The van der Waals surface area contributed by atoms with E-state index in [1.807, 2.05) is 17.8 Å². The molecule has 4 nitrogen and oxygen atoms in total. The van der Waals surface area contributed by atoms with E-state index in [4.69, 9.17) is 9.84 Å². The molecule has 4 rings (SSSR count). The van der Waals surface area contributed by atoms with Crippen molar-refractivity contribution in [3.05, 3.63) is 42.1 Å². The molecule has 0 radical (unpaired) electrons. The quantitative estimate of drug-likeness (QED) is 0.729. The number of rotatable bonds is 6. The Balaban J connectivity index is 1.52. The van der Waals surface area contributed by atoms with Crippen molar-refractivity contribution in [3.63, 3.8) is 0 Å². The van der Waals surface area contributed by atoms with Gasteiger partial charge in [-0.2, -0.15) is 0 Å². The number of aryl methyl sites for hydroxylation is 1. The lowest BCUT2D eigenvalue weighted by Gasteiger charge is -2.24. The number of carboxylic acid groups (broad SMARTS) is 1. The van der Waals surface area contributed by atoms with Gasteiger partial charge in [0, 0.05) is 28.3 Å². The van der Waals surface area contributed by atoms with Crippen LogP contribution in [0.1, 0.15) is 50.5 Å². The van der Waals surface area contributed by atoms with Gasteiger partial charge < -0.3 is 9.84 Å². The van der Waals surface area contributed by atoms with E-state index in [1.54, 1.807) is 6.20 Å². The minimum Gasteiger partial charge on any atom is -0.481 e. The van der Waals surface area contributed by atoms with Crippen LogP contribution in [0.25, 0.3) is 11.1 Å². The minimum atomic E-state index is -0.705. The molecule has 2 aromatic rings. The topological polar surface area (TPSA) is 59.4 Å². The second-order valence-electron chi connectivity index (χ2n) is 7.41. The highest BCUT2D eigenvalue weighted by Gasteiger charge is 2.22. The third-order valence-electron chi connectivity index (χ3n) is 5.43. The zero-order chi connectivity index (χ0) is 18.6. The molecule has 1 fully saturated rings. The van der Waals surface area contributed by atoms with Crippen LogP contribution in [-0.2, 0) is 11.2 Å². The fraction of sp³-hybridized carbons (Fsp3) is 0.455. The summed E-state index contributed by atoms with van der Waals surface area (Å²) >= 11 is 1.82. The highest BCUT2D eigenvalue weighted by atomic mass is 32.2. The second kappa shape index (κ2) is 8.34. The summed E-state index contributed by atoms with van der Waals surface area (Å²) in [5.74, 6) is 0.0373. The van der Waals surface area contributed by atoms with Crippen LogP contribution in [0.15, 0.2) is 41.4 Å². The summed E-state index contributed by atoms with van der Waals surface area (Å²) in [7, 11) is 0. The van der Waals surface area contributed by atoms with E-state index in [0.29, 0.717) is 11.4 Å². The van der Waals surface area contributed by atoms with Crippen LogP contribution in [-0.4, -0.2) is 27.4 Å². The zero-order valence-electron chi connectivity index (χ0n) is 15.4. The zero-order valence-corrected chi connectivity index (χ0v) is 16.2. The highest BCUT2D eigenvalue weighted by molar-refractivity contribution is 8.00. The van der Waals surface area contributed by atoms with Gasteiger partial charge in [0.2, 0.25) is 5.88 Å². The molecule has 5 heteroatoms. The second-order valence-corrected chi connectivity index (χ2v) is 8.76. The van der Waals surface area contributed by atoms with Gasteiger partial charge in [0.05, 0.1) is 0 Å². The lowest BCUT2D eigenvalue weighted by molar-refractivity contribution is -0.137. The summed E-state index contributed by atoms with van der Waals surface area (Å²) < 4.78 is 6.20. The Labute approximate surface area is 164 Å². The van der Waals surface area contributed by atoms with Gasteiger partial charge in [-0.3, -0.25) is 4.79 Å². The third kappa shape index (κ3) is 4.46. The fourth-order valence-corrected chi connectivity index (χ4v) is 5.26. The summed E-state index contributed by atoms with van der Waals surface area (Å²) in [6.45, 7) is 0. The lowest BCUT2D eigenvalue weighted by atomic mass is 9.99. The summed E-state index contributed by atoms with van der Waals surface area (Å²) in [6.07, 6.45) is 9.84. The van der Waals surface area contributed by atoms with Gasteiger partial charge >= 0.3 is 5.97 Å². The van der Waals surface area contributed by atoms with Crippen molar-refractivity contribution in [2.75, 3.05) is 0 Å². The molecule has 0 saturated heterocycles. The summed E-state index contributed by atoms with van der Waals surface area (Å²) in [5, 5.41) is 9.30. The van der Waals surface area contributed by atoms with E-state index in [1.165, 1.54) is 23.3 Å². The maximum absolute atomic E-state index is 10.8. The van der Waals surface area contributed by atoms with Gasteiger partial charge in [0.15, 0.2) is 0 Å². The highest BCUT2D eigenvalue weighted by Crippen LogP contribution is 2.40. The molecule has 1 aromatic heterocycles. The van der Waals surface area contributed by atoms with Crippen LogP contribution in [0, 0.1) is 0 Å². The van der Waals surface area contributed by atoms with Crippen LogP contribution in [0.3, 0.4) is 0 Å². The van der Waals surface area contributed by atoms with Crippen molar-refractivity contribution in [1.29, 1.82) is 0 Å². The molecule has 1 N–H and O–H groups in total. The normalized spacial score (nSPS) is 19.6. The predicted octanol–water partition coefficient (Wildman–Crippen LogP) is 5.34. The molecule has 27 heavy (non-hydrogen) atoms. The van der Waals surface area contributed by atoms with Crippen LogP contribution < -0.4 is 4.74 Å². The number of hydrogen-bond donors (Lipinski definition) is 1. The van der Waals surface area contributed by atoms with Gasteiger partial charge in [-0.1, -0.05) is 6.07 Å². The molecule has 1 aromatic carbocycles. The average molecular weight is 384 g/mol. The summed E-state index contributed by atoms with van der Waals surface area (Å²) in [4.78, 5) is 16.6. The van der Waals surface area contributed by atoms with E-state index in [0.717, 1.165) is 49.1 Å². The molecule has 0 amide bonds. The van der Waals surface area contributed by atoms with Crippen molar-refractivity contribution in [2.45, 2.75) is 67.6 Å². The van der Waals surface area contributed by atoms with E-state index in [-0.39, 0.29) is 6.42 Å². The number of ether oxygens (including phenoxy) is 1. The number of carbonyl (C=O) groups is 1. The van der Waals surface area contributed by atoms with E-state index >= 15 is 0 Å². The molecule has 1 atom stereocenters. The van der Waals surface area contributed by atoms with Crippen molar-refractivity contribution in [2.24, 2.45) is 0 Å². The lowest BCUT2D eigenvalue weighted by Crippen LogP contribution is -2.13. The molecule has 2 heterocycles. The minimum absolute atomic E-state index is 0.253. The number of benzene rings is 1. The molecule has 1 saturated carbocycles. The van der Waals surface area contributed by atoms with Gasteiger partial charge in [0.25, 0.3) is 0 Å². The van der Waals surface area contributed by atoms with Crippen molar-refractivity contribution < 1.29 is 14.6 Å². The largest absolute Gasteiger partial charge is 0.481 e. The Morgan fingerprint density at radius 3 is 2.89 bits per heavy atom. The number of carboxylic acids is 1. The predicted molar refractivity (Wildman–Crippen MR) is 107 cm³/mol. The number of aromatic nitrogens is 1. The molecular formula is C22H25NO3S. The average Bonchev–Trinajstić information content (AvgIpc) is 3.19. The standard InChI is InChI=1S/C22H25NO3S/c24-21(25)12-10-18-9-7-16-14-15(8-11-20(16)27-18)19-6-3-13-23-22(19)26-17-4-1-2-5-17/h3,6,8,11,13-14,17-18H,1-2,4-5,7,9-10,12H2,(H,24,25). The fourth-order valence-electron chi connectivity index (χ4n) is 3.97. The first-order chi connectivity index (χ1) is 13.2. The number of nitrogens with zero attached hydrogens (tertiary/aromatic N) is 1. The van der Waals surface area contributed by atoms with Crippen LogP contribution >= 0.6 is 11.8 Å². The van der Waals surface area contributed by atoms with Crippen molar-refractivity contribution in [3.8, 4) is 17.0 Å². The van der Waals surface area contributed by atoms with E-state index in [2.05, 4.69) is 29.2 Å². The summed E-state index contributed by atoms with van der Waals surface area (Å²) in [6, 6.07) is 10.6. The van der Waals surface area contributed by atoms with E-state index in [9.17, 15) is 4.79 Å². The Morgan fingerprint density at radius 1 is 1.22 bits per heavy atom. The Kier molecular flexibility index (Phi) is 5.67. The Morgan fingerprint density at radius 2 is 2.07 bits per heavy atom. The Bertz CT molecular complexity index is 817. The monoisotopic (exact) mass is 383 g/mol. The van der Waals surface area contributed by atoms with Crippen molar-refractivity contribution in [1.82, 2.24) is 4.98 Å². The van der Waals surface area contributed by atoms with E-state index < -0.39 is 5.97 Å². The van der Waals surface area contributed by atoms with Crippen LogP contribution in [0.4, 0.5) is 0 Å². The number of hydrogen-bond acceptors (Lipinski definition) is 4. The smallest absolute Gasteiger partial charge is 0.303 e. The first kappa shape index (κ1) is 18.4. The number of thioether (sulfide) groups is 1. The molecule has 142 valence electrons. The number of aliphatic carboxylic acids is 1. The summed E-state index contributed by atoms with van der Waals surface area (Å²) in [5.41, 5.74) is 3.56. The van der Waals surface area contributed by atoms with Crippen LogP contribution in [0.5, 0.6) is 5.88 Å². The maximum Gasteiger partial charge on any atom is 0.303 e. The maximum atomic E-state index is 10.8. The van der Waals surface area contributed by atoms with Gasteiger partial charge in [0.1, 0.15) is 6.10 Å². The molecule has 1 unspecified atom stereocenters. The SMILES string of the molecule is O=C(O)CCC1CCc2cc(-c3cccnc3OC3CCCC3)ccc2S1. The molecule has 2 aliphatic rings. The number of pyridine rings is 1. The Hall–Kier alpha value is -2.01.